The molecule has 1 aliphatic rings. The molecule has 0 bridgehead atoms. The molecule has 0 aromatic carbocycles. The Morgan fingerprint density at radius 3 is 3.21 bits per heavy atom. The molecule has 0 amide bonds. The zero-order chi connectivity index (χ0) is 10.1. The topological polar surface area (TPSA) is 83.6 Å². The molecule has 2 atom stereocenters. The average Bonchev–Trinajstić information content (AvgIpc) is 2.50. The Kier molecular flexibility index (Phi) is 2.25. The molecule has 0 saturated carbocycles. The minimum Gasteiger partial charge on any atom is -0.481 e. The van der Waals surface area contributed by atoms with Crippen molar-refractivity contribution in [1.82, 2.24) is 5.16 Å². The van der Waals surface area contributed by atoms with Gasteiger partial charge in [0.2, 0.25) is 0 Å². The van der Waals surface area contributed by atoms with Gasteiger partial charge in [-0.3, -0.25) is 4.79 Å². The molecule has 0 aliphatic heterocycles. The summed E-state index contributed by atoms with van der Waals surface area (Å²) in [4.78, 5) is 10.5. The maximum atomic E-state index is 10.5. The molecule has 76 valence electrons. The standard InChI is InChI=1S/C9H11NO4/c11-7-1-5(3-9(12)13)2-8-6(7)4-10-14-8/h4-5,7,11H,1-3H2,(H,12,13). The SMILES string of the molecule is O=C(O)CC1Cc2oncc2C(O)C1. The van der Waals surface area contributed by atoms with Gasteiger partial charge in [0.25, 0.3) is 0 Å². The molecular weight excluding hydrogens is 186 g/mol. The van der Waals surface area contributed by atoms with Gasteiger partial charge in [0.05, 0.1) is 12.3 Å². The van der Waals surface area contributed by atoms with Crippen LogP contribution < -0.4 is 0 Å². The molecular formula is C9H11NO4. The quantitative estimate of drug-likeness (QED) is 0.730. The van der Waals surface area contributed by atoms with E-state index in [2.05, 4.69) is 5.16 Å². The van der Waals surface area contributed by atoms with Gasteiger partial charge in [-0.1, -0.05) is 5.16 Å². The Morgan fingerprint density at radius 1 is 1.71 bits per heavy atom. The van der Waals surface area contributed by atoms with Gasteiger partial charge >= 0.3 is 5.97 Å². The van der Waals surface area contributed by atoms with Gasteiger partial charge in [-0.25, -0.2) is 0 Å². The van der Waals surface area contributed by atoms with Crippen molar-refractivity contribution in [2.24, 2.45) is 5.92 Å². The van der Waals surface area contributed by atoms with Gasteiger partial charge in [-0.15, -0.1) is 0 Å². The lowest BCUT2D eigenvalue weighted by molar-refractivity contribution is -0.138. The minimum atomic E-state index is -0.842. The minimum absolute atomic E-state index is 0.0528. The first-order chi connectivity index (χ1) is 6.66. The van der Waals surface area contributed by atoms with E-state index in [1.807, 2.05) is 0 Å². The van der Waals surface area contributed by atoms with Crippen LogP contribution in [0.5, 0.6) is 0 Å². The van der Waals surface area contributed by atoms with E-state index in [4.69, 9.17) is 9.63 Å². The Bertz CT molecular complexity index is 346. The number of aliphatic carboxylic acids is 1. The van der Waals surface area contributed by atoms with Crippen LogP contribution in [0.25, 0.3) is 0 Å². The van der Waals surface area contributed by atoms with Crippen LogP contribution in [0.3, 0.4) is 0 Å². The van der Waals surface area contributed by atoms with Gasteiger partial charge in [-0.05, 0) is 12.3 Å². The van der Waals surface area contributed by atoms with Crippen LogP contribution in [0.4, 0.5) is 0 Å². The normalized spacial score (nSPS) is 25.8. The molecule has 0 radical (unpaired) electrons. The molecule has 5 heteroatoms. The molecule has 0 spiro atoms. The highest BCUT2D eigenvalue weighted by atomic mass is 16.5. The number of hydrogen-bond acceptors (Lipinski definition) is 4. The number of rotatable bonds is 2. The van der Waals surface area contributed by atoms with Crippen LogP contribution in [-0.2, 0) is 11.2 Å². The zero-order valence-corrected chi connectivity index (χ0v) is 7.51. The summed E-state index contributed by atoms with van der Waals surface area (Å²) in [7, 11) is 0. The molecule has 14 heavy (non-hydrogen) atoms. The Morgan fingerprint density at radius 2 is 2.50 bits per heavy atom. The first kappa shape index (κ1) is 9.21. The fourth-order valence-electron chi connectivity index (χ4n) is 1.89. The second kappa shape index (κ2) is 3.42. The molecule has 1 heterocycles. The number of carbonyl (C=O) groups is 1. The summed E-state index contributed by atoms with van der Waals surface area (Å²) in [5, 5.41) is 21.8. The van der Waals surface area contributed by atoms with Gasteiger partial charge in [-0.2, -0.15) is 0 Å². The van der Waals surface area contributed by atoms with Crippen molar-refractivity contribution in [3.05, 3.63) is 17.5 Å². The van der Waals surface area contributed by atoms with E-state index in [1.54, 1.807) is 0 Å². The molecule has 0 saturated heterocycles. The molecule has 2 rings (SSSR count). The molecule has 2 unspecified atom stereocenters. The van der Waals surface area contributed by atoms with E-state index in [9.17, 15) is 9.90 Å². The average molecular weight is 197 g/mol. The van der Waals surface area contributed by atoms with E-state index >= 15 is 0 Å². The van der Waals surface area contributed by atoms with Crippen LogP contribution in [0.2, 0.25) is 0 Å². The van der Waals surface area contributed by atoms with E-state index < -0.39 is 12.1 Å². The Balaban J connectivity index is 2.13. The van der Waals surface area contributed by atoms with Crippen LogP contribution >= 0.6 is 0 Å². The molecule has 1 aromatic heterocycles. The van der Waals surface area contributed by atoms with Crippen molar-refractivity contribution in [3.63, 3.8) is 0 Å². The third-order valence-electron chi connectivity index (χ3n) is 2.53. The number of carboxylic acids is 1. The van der Waals surface area contributed by atoms with Gasteiger partial charge in [0, 0.05) is 18.4 Å². The van der Waals surface area contributed by atoms with Crippen LogP contribution in [-0.4, -0.2) is 21.3 Å². The second-order valence-corrected chi connectivity index (χ2v) is 3.62. The lowest BCUT2D eigenvalue weighted by atomic mass is 9.85. The van der Waals surface area contributed by atoms with Crippen molar-refractivity contribution in [3.8, 4) is 0 Å². The third-order valence-corrected chi connectivity index (χ3v) is 2.53. The zero-order valence-electron chi connectivity index (χ0n) is 7.51. The number of aromatic nitrogens is 1. The smallest absolute Gasteiger partial charge is 0.303 e. The van der Waals surface area contributed by atoms with Crippen molar-refractivity contribution < 1.29 is 19.5 Å². The summed E-state index contributed by atoms with van der Waals surface area (Å²) in [6.45, 7) is 0. The Hall–Kier alpha value is -1.36. The lowest BCUT2D eigenvalue weighted by Crippen LogP contribution is -2.19. The highest BCUT2D eigenvalue weighted by molar-refractivity contribution is 5.67. The highest BCUT2D eigenvalue weighted by Gasteiger charge is 2.29. The van der Waals surface area contributed by atoms with E-state index in [0.717, 1.165) is 0 Å². The maximum absolute atomic E-state index is 10.5. The monoisotopic (exact) mass is 197 g/mol. The number of aliphatic hydroxyl groups is 1. The second-order valence-electron chi connectivity index (χ2n) is 3.62. The third kappa shape index (κ3) is 1.63. The van der Waals surface area contributed by atoms with Crippen molar-refractivity contribution in [1.29, 1.82) is 0 Å². The largest absolute Gasteiger partial charge is 0.481 e. The summed E-state index contributed by atoms with van der Waals surface area (Å²) < 4.78 is 4.94. The van der Waals surface area contributed by atoms with Crippen molar-refractivity contribution in [2.75, 3.05) is 0 Å². The molecule has 5 nitrogen and oxygen atoms in total. The number of carboxylic acid groups (broad SMARTS) is 1. The van der Waals surface area contributed by atoms with Crippen LogP contribution in [0.15, 0.2) is 10.7 Å². The van der Waals surface area contributed by atoms with Crippen LogP contribution in [0.1, 0.15) is 30.3 Å². The van der Waals surface area contributed by atoms with Gasteiger partial charge in [0.1, 0.15) is 5.76 Å². The predicted octanol–water partition coefficient (Wildman–Crippen LogP) is 0.745. The number of aliphatic hydroxyl groups excluding tert-OH is 1. The highest BCUT2D eigenvalue weighted by Crippen LogP contribution is 2.34. The predicted molar refractivity (Wildman–Crippen MR) is 45.5 cm³/mol. The molecule has 2 N–H and O–H groups in total. The summed E-state index contributed by atoms with van der Waals surface area (Å²) in [5.41, 5.74) is 0.701. The maximum Gasteiger partial charge on any atom is 0.303 e. The molecule has 1 aliphatic carbocycles. The summed E-state index contributed by atoms with van der Waals surface area (Å²) >= 11 is 0. The first-order valence-corrected chi connectivity index (χ1v) is 4.50. The lowest BCUT2D eigenvalue weighted by Gasteiger charge is -2.22. The number of hydrogen-bond donors (Lipinski definition) is 2. The molecule has 1 aromatic rings. The van der Waals surface area contributed by atoms with E-state index in [0.29, 0.717) is 24.2 Å². The van der Waals surface area contributed by atoms with E-state index in [1.165, 1.54) is 6.20 Å². The number of nitrogens with zero attached hydrogens (tertiary/aromatic N) is 1. The summed E-state index contributed by atoms with van der Waals surface area (Å²) in [6.07, 6.45) is 1.96. The first-order valence-electron chi connectivity index (χ1n) is 4.50. The van der Waals surface area contributed by atoms with Crippen molar-refractivity contribution in [2.45, 2.75) is 25.4 Å². The number of fused-ring (bicyclic) bond motifs is 1. The molecule has 0 fully saturated rings. The fraction of sp³-hybridized carbons (Fsp3) is 0.556. The fourth-order valence-corrected chi connectivity index (χ4v) is 1.89. The summed E-state index contributed by atoms with van der Waals surface area (Å²) in [6, 6.07) is 0. The van der Waals surface area contributed by atoms with Crippen LogP contribution in [0, 0.1) is 5.92 Å². The van der Waals surface area contributed by atoms with Crippen molar-refractivity contribution >= 4 is 5.97 Å². The Labute approximate surface area is 80.3 Å². The van der Waals surface area contributed by atoms with Gasteiger partial charge < -0.3 is 14.7 Å². The van der Waals surface area contributed by atoms with Gasteiger partial charge in [0.15, 0.2) is 0 Å². The van der Waals surface area contributed by atoms with E-state index in [-0.39, 0.29) is 12.3 Å². The summed E-state index contributed by atoms with van der Waals surface area (Å²) in [5.74, 6) is -0.275.